The third kappa shape index (κ3) is 20.4. The average molecular weight is 1340 g/mol. The zero-order valence-corrected chi connectivity index (χ0v) is 53.5. The minimum atomic E-state index is -1.78. The van der Waals surface area contributed by atoms with Gasteiger partial charge in [-0.2, -0.15) is 0 Å². The Hall–Kier alpha value is -8.11. The highest BCUT2D eigenvalue weighted by Crippen LogP contribution is 2.48. The van der Waals surface area contributed by atoms with Gasteiger partial charge in [0.25, 0.3) is 5.91 Å². The quantitative estimate of drug-likeness (QED) is 0.103. The van der Waals surface area contributed by atoms with Gasteiger partial charge in [0, 0.05) is 109 Å². The van der Waals surface area contributed by atoms with Gasteiger partial charge in [0.15, 0.2) is 54.9 Å². The second-order valence-corrected chi connectivity index (χ2v) is 23.6. The van der Waals surface area contributed by atoms with Crippen LogP contribution >= 0.6 is 35.3 Å². The second-order valence-electron chi connectivity index (χ2n) is 20.2. The van der Waals surface area contributed by atoms with Crippen LogP contribution in [0, 0.1) is 0 Å². The van der Waals surface area contributed by atoms with Crippen LogP contribution in [0.3, 0.4) is 0 Å². The van der Waals surface area contributed by atoms with Crippen molar-refractivity contribution in [3.05, 3.63) is 54.2 Å². The van der Waals surface area contributed by atoms with Gasteiger partial charge in [-0.05, 0) is 24.3 Å². The molecule has 4 heterocycles. The average Bonchev–Trinajstić information content (AvgIpc) is 0.872. The van der Waals surface area contributed by atoms with Crippen LogP contribution in [-0.2, 0) is 129 Å². The van der Waals surface area contributed by atoms with Crippen LogP contribution < -0.4 is 5.32 Å². The van der Waals surface area contributed by atoms with Gasteiger partial charge in [-0.3, -0.25) is 67.3 Å². The minimum Gasteiger partial charge on any atom is -0.463 e. The van der Waals surface area contributed by atoms with Crippen molar-refractivity contribution in [2.24, 2.45) is 0 Å². The highest BCUT2D eigenvalue weighted by molar-refractivity contribution is 8.01. The molecule has 3 aliphatic heterocycles. The van der Waals surface area contributed by atoms with Crippen LogP contribution in [0.15, 0.2) is 63.3 Å². The molecule has 3 saturated heterocycles. The van der Waals surface area contributed by atoms with E-state index in [2.05, 4.69) is 10.3 Å². The maximum Gasteiger partial charge on any atom is 0.303 e. The molecule has 0 saturated carbocycles. The maximum absolute atomic E-state index is 15.9. The fourth-order valence-corrected chi connectivity index (χ4v) is 13.7. The first kappa shape index (κ1) is 72.0. The molecule has 3 fully saturated rings. The first-order chi connectivity index (χ1) is 42.9. The predicted molar refractivity (Wildman–Crippen MR) is 310 cm³/mol. The number of hydrogen-bond acceptors (Lipinski definition) is 32. The van der Waals surface area contributed by atoms with Gasteiger partial charge in [0.1, 0.15) is 54.4 Å². The molecule has 3 aliphatic rings. The number of nitrogens with zero attached hydrogens (tertiary/aromatic N) is 1. The number of anilines is 1. The van der Waals surface area contributed by atoms with E-state index in [1.807, 2.05) is 0 Å². The lowest BCUT2D eigenvalue weighted by Crippen LogP contribution is -2.61. The maximum atomic E-state index is 15.9. The molecule has 30 nitrogen and oxygen atoms in total. The van der Waals surface area contributed by atoms with Gasteiger partial charge < -0.3 is 76.4 Å². The van der Waals surface area contributed by atoms with Crippen LogP contribution in [0.1, 0.15) is 93.4 Å². The fourth-order valence-electron chi connectivity index (χ4n) is 9.67. The van der Waals surface area contributed by atoms with Gasteiger partial charge in [0.05, 0.1) is 16.8 Å². The number of thioether (sulfide) groups is 3. The van der Waals surface area contributed by atoms with Crippen molar-refractivity contribution in [2.45, 2.75) is 187 Å². The Kier molecular flexibility index (Phi) is 25.9. The van der Waals surface area contributed by atoms with E-state index in [4.69, 9.17) is 71.1 Å². The molecule has 0 spiro atoms. The lowest BCUT2D eigenvalue weighted by Gasteiger charge is -2.45. The molecule has 3 aromatic rings. The normalized spacial score (nSPS) is 26.0. The number of benzene rings is 2. The minimum absolute atomic E-state index is 0.00875. The SMILES string of the molecule is CC(=O)OC[C@H]1O[C@@H](Sc2cc(S[C@@H]3O[C@H](COC(C)=O)[C@@H](OC(C)=O)[C@H](OC(C)=O)[C@H]3OC(C)=O)c(C(=O)Nc3cccc4cccnc34)c(S[C@@H]3O[C@H](COC(C)=O)[C@@H](OC(C)=O)[C@H](OC(C)=O)[C@H]3OC(C)=O)c2)[C@H](OC(C)=O)[C@@H](OC(C)=O)[C@@H]1OC(C)=O. The Labute approximate surface area is 532 Å². The van der Waals surface area contributed by atoms with Crippen molar-refractivity contribution in [3.63, 3.8) is 0 Å². The summed E-state index contributed by atoms with van der Waals surface area (Å²) < 4.78 is 87.2. The fraction of sp³-hybridized carbons (Fsp3) is 0.517. The smallest absolute Gasteiger partial charge is 0.303 e. The molecule has 33 heteroatoms. The number of ether oxygens (including phenoxy) is 15. The topological polar surface area (TPSA) is 385 Å². The Bertz CT molecular complexity index is 3150. The van der Waals surface area contributed by atoms with Gasteiger partial charge in [0.2, 0.25) is 0 Å². The summed E-state index contributed by atoms with van der Waals surface area (Å²) in [6.07, 6.45) is -18.5. The van der Waals surface area contributed by atoms with Crippen LogP contribution in [0.4, 0.5) is 5.69 Å². The zero-order valence-electron chi connectivity index (χ0n) is 51.0. The summed E-state index contributed by atoms with van der Waals surface area (Å²) in [5.41, 5.74) is -4.91. The highest BCUT2D eigenvalue weighted by Gasteiger charge is 2.56. The van der Waals surface area contributed by atoms with Crippen molar-refractivity contribution >= 4 is 129 Å². The summed E-state index contributed by atoms with van der Waals surface area (Å²) in [6.45, 7) is 10.3. The van der Waals surface area contributed by atoms with Gasteiger partial charge in [-0.1, -0.05) is 53.5 Å². The van der Waals surface area contributed by atoms with E-state index in [0.717, 1.165) is 83.1 Å². The number of rotatable bonds is 23. The largest absolute Gasteiger partial charge is 0.463 e. The van der Waals surface area contributed by atoms with Crippen LogP contribution in [-0.4, -0.2) is 192 Å². The molecule has 0 unspecified atom stereocenters. The monoisotopic (exact) mass is 1330 g/mol. The number of amides is 1. The number of para-hydroxylation sites is 1. The lowest BCUT2D eigenvalue weighted by atomic mass is 9.99. The molecule has 6 rings (SSSR count). The zero-order chi connectivity index (χ0) is 67.1. The Morgan fingerprint density at radius 1 is 0.396 bits per heavy atom. The van der Waals surface area contributed by atoms with Gasteiger partial charge >= 0.3 is 71.6 Å². The number of nitrogens with one attached hydrogen (secondary N) is 1. The molecule has 15 atom stereocenters. The highest BCUT2D eigenvalue weighted by atomic mass is 32.2. The van der Waals surface area contributed by atoms with E-state index in [1.165, 1.54) is 24.4 Å². The molecule has 1 N–H and O–H groups in total. The van der Waals surface area contributed by atoms with Crippen LogP contribution in [0.25, 0.3) is 10.9 Å². The Morgan fingerprint density at radius 3 is 1.03 bits per heavy atom. The van der Waals surface area contributed by atoms with Crippen molar-refractivity contribution < 1.29 is 133 Å². The lowest BCUT2D eigenvalue weighted by molar-refractivity contribution is -0.237. The number of fused-ring (bicyclic) bond motifs is 1. The standard InChI is InChI=1S/C58H66N2O28S3/c1-24(61)74-21-39-46(77-27(4)64)49(80-30(7)67)52(83-33(10)70)56(86-39)89-37-19-42(90-57-53(84-34(11)71)50(81-31(8)68)47(78-28(5)65)40(87-57)22-75-25(2)62)44(55(73)60-38-17-13-15-36-16-14-18-59-45(36)38)43(20-37)91-58-54(85-35(12)72)51(82-32(9)69)48(79-29(6)66)41(88-58)23-76-26(3)63/h13-20,39-41,46-54,56-58H,21-23H2,1-12H3,(H,60,73)/t39-,40-,41-,46-,47-,48-,49+,50+,51+,52-,53-,54-,56+,57+,58+/m1/s1. The summed E-state index contributed by atoms with van der Waals surface area (Å²) >= 11 is 1.92. The third-order valence-corrected chi connectivity index (χ3v) is 16.2. The summed E-state index contributed by atoms with van der Waals surface area (Å²) in [4.78, 5) is 174. The predicted octanol–water partition coefficient (Wildman–Crippen LogP) is 4.01. The molecule has 91 heavy (non-hydrogen) atoms. The van der Waals surface area contributed by atoms with Crippen LogP contribution in [0.5, 0.6) is 0 Å². The Balaban J connectivity index is 1.73. The summed E-state index contributed by atoms with van der Waals surface area (Å²) in [5, 5.41) is 3.45. The molecule has 1 aromatic heterocycles. The summed E-state index contributed by atoms with van der Waals surface area (Å²) in [7, 11) is 0. The molecular weight excluding hydrogens is 1270 g/mol. The third-order valence-electron chi connectivity index (χ3n) is 12.7. The van der Waals surface area contributed by atoms with Crippen LogP contribution in [0.2, 0.25) is 0 Å². The van der Waals surface area contributed by atoms with E-state index < -0.39 is 187 Å². The van der Waals surface area contributed by atoms with Crippen molar-refractivity contribution in [2.75, 3.05) is 25.1 Å². The molecule has 0 radical (unpaired) electrons. The number of pyridine rings is 1. The van der Waals surface area contributed by atoms with Crippen molar-refractivity contribution in [1.29, 1.82) is 0 Å². The molecule has 2 aromatic carbocycles. The summed E-state index contributed by atoms with van der Waals surface area (Å²) in [6, 6.07) is 10.9. The number of carbonyl (C=O) groups is 13. The second kappa shape index (κ2) is 32.8. The van der Waals surface area contributed by atoms with Crippen molar-refractivity contribution in [1.82, 2.24) is 4.98 Å². The van der Waals surface area contributed by atoms with E-state index in [9.17, 15) is 57.5 Å². The molecule has 0 bridgehead atoms. The first-order valence-corrected chi connectivity index (χ1v) is 30.3. The molecule has 1 amide bonds. The van der Waals surface area contributed by atoms with Gasteiger partial charge in [-0.15, -0.1) is 0 Å². The van der Waals surface area contributed by atoms with Crippen molar-refractivity contribution in [3.8, 4) is 0 Å². The van der Waals surface area contributed by atoms with E-state index in [0.29, 0.717) is 40.7 Å². The number of esters is 12. The number of hydrogen-bond donors (Lipinski definition) is 1. The van der Waals surface area contributed by atoms with E-state index in [1.54, 1.807) is 24.3 Å². The summed E-state index contributed by atoms with van der Waals surface area (Å²) in [5.74, 6) is -12.1. The molecular formula is C58H66N2O28S3. The number of carbonyl (C=O) groups excluding carboxylic acids is 13. The Morgan fingerprint density at radius 2 is 0.703 bits per heavy atom. The van der Waals surface area contributed by atoms with E-state index in [-0.39, 0.29) is 31.5 Å². The molecule has 0 aliphatic carbocycles. The molecule has 494 valence electrons. The first-order valence-electron chi connectivity index (χ1n) is 27.6. The van der Waals surface area contributed by atoms with E-state index >= 15 is 4.79 Å². The number of aromatic nitrogens is 1. The van der Waals surface area contributed by atoms with Gasteiger partial charge in [-0.25, -0.2) is 0 Å².